The summed E-state index contributed by atoms with van der Waals surface area (Å²) in [5, 5.41) is 1.01. The second kappa shape index (κ2) is 7.32. The molecule has 0 spiro atoms. The maximum Gasteiger partial charge on any atom is 0.225 e. The Morgan fingerprint density at radius 1 is 1.12 bits per heavy atom. The first-order valence-electron chi connectivity index (χ1n) is 8.44. The van der Waals surface area contributed by atoms with E-state index in [4.69, 9.17) is 23.2 Å². The molecule has 1 saturated carbocycles. The molecule has 1 heterocycles. The molecule has 24 heavy (non-hydrogen) atoms. The van der Waals surface area contributed by atoms with Crippen LogP contribution in [0.1, 0.15) is 31.2 Å². The largest absolute Gasteiger partial charge is 0.342 e. The molecule has 1 aliphatic heterocycles. The Bertz CT molecular complexity index is 638. The van der Waals surface area contributed by atoms with E-state index in [1.165, 1.54) is 0 Å². The molecule has 3 rings (SSSR count). The van der Waals surface area contributed by atoms with Gasteiger partial charge >= 0.3 is 0 Å². The van der Waals surface area contributed by atoms with Crippen molar-refractivity contribution in [1.29, 1.82) is 0 Å². The van der Waals surface area contributed by atoms with Gasteiger partial charge in [-0.2, -0.15) is 0 Å². The third kappa shape index (κ3) is 3.86. The summed E-state index contributed by atoms with van der Waals surface area (Å²) < 4.78 is 0. The zero-order valence-electron chi connectivity index (χ0n) is 13.8. The third-order valence-corrected chi connectivity index (χ3v) is 5.76. The van der Waals surface area contributed by atoms with Gasteiger partial charge in [0.05, 0.1) is 10.0 Å². The van der Waals surface area contributed by atoms with Crippen molar-refractivity contribution >= 4 is 35.0 Å². The number of amides is 2. The Balaban J connectivity index is 1.54. The zero-order chi connectivity index (χ0) is 17.3. The molecule has 0 radical (unpaired) electrons. The van der Waals surface area contributed by atoms with Crippen LogP contribution in [0.3, 0.4) is 0 Å². The third-order valence-electron chi connectivity index (χ3n) is 4.90. The monoisotopic (exact) mass is 368 g/mol. The van der Waals surface area contributed by atoms with Crippen LogP contribution in [0.25, 0.3) is 0 Å². The number of halogens is 2. The minimum Gasteiger partial charge on any atom is -0.342 e. The summed E-state index contributed by atoms with van der Waals surface area (Å²) in [6.07, 6.45) is 3.54. The molecule has 0 aromatic heterocycles. The summed E-state index contributed by atoms with van der Waals surface area (Å²) in [6.45, 7) is 1.83. The first-order chi connectivity index (χ1) is 11.5. The van der Waals surface area contributed by atoms with Crippen LogP contribution in [0.2, 0.25) is 10.0 Å². The number of carbonyl (C=O) groups is 2. The number of piperidine rings is 1. The highest BCUT2D eigenvalue weighted by molar-refractivity contribution is 6.42. The van der Waals surface area contributed by atoms with Gasteiger partial charge in [-0.25, -0.2) is 0 Å². The molecule has 1 aromatic carbocycles. The molecule has 130 valence electrons. The van der Waals surface area contributed by atoms with E-state index < -0.39 is 0 Å². The van der Waals surface area contributed by atoms with Gasteiger partial charge in [0.1, 0.15) is 0 Å². The quantitative estimate of drug-likeness (QED) is 0.814. The molecule has 4 nitrogen and oxygen atoms in total. The Morgan fingerprint density at radius 3 is 2.42 bits per heavy atom. The van der Waals surface area contributed by atoms with Crippen LogP contribution in [0.5, 0.6) is 0 Å². The molecule has 2 fully saturated rings. The van der Waals surface area contributed by atoms with E-state index in [-0.39, 0.29) is 23.7 Å². The van der Waals surface area contributed by atoms with Gasteiger partial charge in [-0.15, -0.1) is 0 Å². The van der Waals surface area contributed by atoms with Crippen molar-refractivity contribution in [3.05, 3.63) is 33.8 Å². The molecular weight excluding hydrogens is 347 g/mol. The molecule has 0 atom stereocenters. The lowest BCUT2D eigenvalue weighted by Gasteiger charge is -2.33. The molecule has 1 aromatic rings. The van der Waals surface area contributed by atoms with Gasteiger partial charge in [0.25, 0.3) is 0 Å². The summed E-state index contributed by atoms with van der Waals surface area (Å²) in [7, 11) is 1.79. The van der Waals surface area contributed by atoms with Crippen LogP contribution in [-0.4, -0.2) is 41.8 Å². The van der Waals surface area contributed by atoms with E-state index in [1.807, 2.05) is 17.0 Å². The lowest BCUT2D eigenvalue weighted by molar-refractivity contribution is -0.140. The van der Waals surface area contributed by atoms with E-state index in [1.54, 1.807) is 18.0 Å². The summed E-state index contributed by atoms with van der Waals surface area (Å²) in [4.78, 5) is 28.4. The molecule has 2 amide bonds. The maximum absolute atomic E-state index is 12.7. The van der Waals surface area contributed by atoms with Gasteiger partial charge in [0.15, 0.2) is 0 Å². The van der Waals surface area contributed by atoms with Crippen LogP contribution >= 0.6 is 23.2 Å². The average Bonchev–Trinajstić information content (AvgIpc) is 3.43. The number of nitrogens with zero attached hydrogens (tertiary/aromatic N) is 2. The van der Waals surface area contributed by atoms with Crippen LogP contribution in [0.15, 0.2) is 18.2 Å². The Labute approximate surface area is 152 Å². The van der Waals surface area contributed by atoms with Crippen molar-refractivity contribution < 1.29 is 9.59 Å². The number of benzene rings is 1. The van der Waals surface area contributed by atoms with Crippen LogP contribution in [0.4, 0.5) is 0 Å². The fourth-order valence-corrected chi connectivity index (χ4v) is 3.63. The molecule has 1 aliphatic carbocycles. The SMILES string of the molecule is CN(Cc1cccc(Cl)c1Cl)C(=O)C1CCN(C(=O)C2CC2)CC1. The predicted octanol–water partition coefficient (Wildman–Crippen LogP) is 3.60. The molecular formula is C18H22Cl2N2O2. The molecule has 0 N–H and O–H groups in total. The summed E-state index contributed by atoms with van der Waals surface area (Å²) in [6, 6.07) is 5.46. The standard InChI is InChI=1S/C18H22Cl2N2O2/c1-21(11-14-3-2-4-15(19)16(14)20)17(23)13-7-9-22(10-8-13)18(24)12-5-6-12/h2-4,12-13H,5-11H2,1H3. The Kier molecular flexibility index (Phi) is 5.36. The lowest BCUT2D eigenvalue weighted by Crippen LogP contribution is -2.43. The van der Waals surface area contributed by atoms with Crippen LogP contribution in [-0.2, 0) is 16.1 Å². The number of rotatable bonds is 4. The fraction of sp³-hybridized carbons (Fsp3) is 0.556. The second-order valence-corrected chi connectivity index (χ2v) is 7.57. The highest BCUT2D eigenvalue weighted by atomic mass is 35.5. The van der Waals surface area contributed by atoms with Crippen molar-refractivity contribution in [2.45, 2.75) is 32.2 Å². The van der Waals surface area contributed by atoms with E-state index in [9.17, 15) is 9.59 Å². The molecule has 2 aliphatic rings. The summed E-state index contributed by atoms with van der Waals surface area (Å²) >= 11 is 12.2. The number of carbonyl (C=O) groups excluding carboxylic acids is 2. The van der Waals surface area contributed by atoms with Crippen molar-refractivity contribution in [3.8, 4) is 0 Å². The van der Waals surface area contributed by atoms with E-state index in [0.29, 0.717) is 29.7 Å². The van der Waals surface area contributed by atoms with E-state index in [0.717, 1.165) is 31.2 Å². The van der Waals surface area contributed by atoms with Crippen molar-refractivity contribution in [3.63, 3.8) is 0 Å². The summed E-state index contributed by atoms with van der Waals surface area (Å²) in [5.74, 6) is 0.630. The maximum atomic E-state index is 12.7. The van der Waals surface area contributed by atoms with Gasteiger partial charge in [0.2, 0.25) is 11.8 Å². The van der Waals surface area contributed by atoms with Crippen molar-refractivity contribution in [2.24, 2.45) is 11.8 Å². The van der Waals surface area contributed by atoms with Crippen molar-refractivity contribution in [1.82, 2.24) is 9.80 Å². The van der Waals surface area contributed by atoms with Crippen LogP contribution in [0, 0.1) is 11.8 Å². The van der Waals surface area contributed by atoms with Gasteiger partial charge in [-0.05, 0) is 37.3 Å². The van der Waals surface area contributed by atoms with Gasteiger partial charge < -0.3 is 9.80 Å². The molecule has 1 saturated heterocycles. The molecule has 0 unspecified atom stereocenters. The molecule has 0 bridgehead atoms. The minimum absolute atomic E-state index is 0.0174. The van der Waals surface area contributed by atoms with Gasteiger partial charge in [-0.1, -0.05) is 35.3 Å². The van der Waals surface area contributed by atoms with Gasteiger partial charge in [0, 0.05) is 38.5 Å². The topological polar surface area (TPSA) is 40.6 Å². The van der Waals surface area contributed by atoms with Crippen molar-refractivity contribution in [2.75, 3.05) is 20.1 Å². The highest BCUT2D eigenvalue weighted by Gasteiger charge is 2.36. The zero-order valence-corrected chi connectivity index (χ0v) is 15.3. The number of hydrogen-bond acceptors (Lipinski definition) is 2. The van der Waals surface area contributed by atoms with Gasteiger partial charge in [-0.3, -0.25) is 9.59 Å². The van der Waals surface area contributed by atoms with E-state index >= 15 is 0 Å². The predicted molar refractivity (Wildman–Crippen MR) is 95.0 cm³/mol. The average molecular weight is 369 g/mol. The number of hydrogen-bond donors (Lipinski definition) is 0. The normalized spacial score (nSPS) is 18.5. The number of likely N-dealkylation sites (tertiary alicyclic amines) is 1. The first kappa shape index (κ1) is 17.6. The summed E-state index contributed by atoms with van der Waals surface area (Å²) in [5.41, 5.74) is 0.848. The Hall–Kier alpha value is -1.26. The van der Waals surface area contributed by atoms with Crippen LogP contribution < -0.4 is 0 Å². The second-order valence-electron chi connectivity index (χ2n) is 6.78. The highest BCUT2D eigenvalue weighted by Crippen LogP contribution is 2.33. The van der Waals surface area contributed by atoms with E-state index in [2.05, 4.69) is 0 Å². The smallest absolute Gasteiger partial charge is 0.225 e. The lowest BCUT2D eigenvalue weighted by atomic mass is 9.95. The first-order valence-corrected chi connectivity index (χ1v) is 9.19. The fourth-order valence-electron chi connectivity index (χ4n) is 3.25. The molecule has 6 heteroatoms. The Morgan fingerprint density at radius 2 is 1.79 bits per heavy atom. The minimum atomic E-state index is -0.0174.